The van der Waals surface area contributed by atoms with Gasteiger partial charge in [0.15, 0.2) is 0 Å². The maximum atomic E-state index is 10.7. The fraction of sp³-hybridized carbons (Fsp3) is 0.308. The van der Waals surface area contributed by atoms with Crippen LogP contribution in [0.2, 0.25) is 0 Å². The summed E-state index contributed by atoms with van der Waals surface area (Å²) in [4.78, 5) is 2.44. The summed E-state index contributed by atoms with van der Waals surface area (Å²) in [5.74, 6) is 0.867. The van der Waals surface area contributed by atoms with Crippen LogP contribution in [0.4, 0.5) is 0 Å². The molecule has 5 heteroatoms. The number of phenols is 1. The summed E-state index contributed by atoms with van der Waals surface area (Å²) in [7, 11) is 1.60. The zero-order valence-electron chi connectivity index (χ0n) is 18.0. The second-order valence-electron chi connectivity index (χ2n) is 7.81. The Hall–Kier alpha value is -2.86. The first-order valence-electron chi connectivity index (χ1n) is 10.8. The van der Waals surface area contributed by atoms with E-state index in [0.29, 0.717) is 12.3 Å². The summed E-state index contributed by atoms with van der Waals surface area (Å²) < 4.78 is 10.7. The van der Waals surface area contributed by atoms with Gasteiger partial charge in [0.2, 0.25) is 0 Å². The van der Waals surface area contributed by atoms with Gasteiger partial charge in [-0.1, -0.05) is 54.6 Å². The van der Waals surface area contributed by atoms with Gasteiger partial charge in [-0.15, -0.1) is 0 Å². The molecule has 162 valence electrons. The van der Waals surface area contributed by atoms with Crippen molar-refractivity contribution >= 4 is 0 Å². The predicted molar refractivity (Wildman–Crippen MR) is 122 cm³/mol. The standard InChI is InChI=1S/C26H30N2O3/c1-30-23-11-12-24(25(29)17-23)26(20-7-3-2-4-8-20)27-18-21-9-5-6-10-22(21)19-28-13-15-31-16-14-28/h2-12,17,26-27,29H,13-16,18-19H2,1H3/t26-/m0/s1. The molecule has 0 aliphatic carbocycles. The molecule has 1 atom stereocenters. The van der Waals surface area contributed by atoms with Gasteiger partial charge in [-0.05, 0) is 28.8 Å². The second-order valence-corrected chi connectivity index (χ2v) is 7.81. The molecule has 0 saturated carbocycles. The highest BCUT2D eigenvalue weighted by Gasteiger charge is 2.19. The number of hydrogen-bond donors (Lipinski definition) is 2. The summed E-state index contributed by atoms with van der Waals surface area (Å²) in [6.07, 6.45) is 0. The Bertz CT molecular complexity index is 971. The summed E-state index contributed by atoms with van der Waals surface area (Å²) in [5.41, 5.74) is 4.52. The molecule has 0 unspecified atom stereocenters. The van der Waals surface area contributed by atoms with E-state index < -0.39 is 0 Å². The fourth-order valence-electron chi connectivity index (χ4n) is 4.04. The number of ether oxygens (including phenoxy) is 2. The van der Waals surface area contributed by atoms with Gasteiger partial charge < -0.3 is 19.9 Å². The van der Waals surface area contributed by atoms with E-state index in [1.807, 2.05) is 30.3 Å². The molecule has 1 saturated heterocycles. The van der Waals surface area contributed by atoms with E-state index in [1.54, 1.807) is 13.2 Å². The molecule has 0 aromatic heterocycles. The van der Waals surface area contributed by atoms with Crippen molar-refractivity contribution in [2.24, 2.45) is 0 Å². The molecule has 2 N–H and O–H groups in total. The predicted octanol–water partition coefficient (Wildman–Crippen LogP) is 4.11. The van der Waals surface area contributed by atoms with Crippen LogP contribution in [0, 0.1) is 0 Å². The average molecular weight is 419 g/mol. The van der Waals surface area contributed by atoms with Crippen LogP contribution in [-0.2, 0) is 17.8 Å². The third kappa shape index (κ3) is 5.44. The molecular formula is C26H30N2O3. The van der Waals surface area contributed by atoms with E-state index in [2.05, 4.69) is 46.6 Å². The Morgan fingerprint density at radius 2 is 1.68 bits per heavy atom. The molecular weight excluding hydrogens is 388 g/mol. The third-order valence-corrected chi connectivity index (χ3v) is 5.79. The van der Waals surface area contributed by atoms with Crippen LogP contribution < -0.4 is 10.1 Å². The lowest BCUT2D eigenvalue weighted by atomic mass is 9.97. The molecule has 1 fully saturated rings. The Morgan fingerprint density at radius 1 is 0.968 bits per heavy atom. The van der Waals surface area contributed by atoms with Gasteiger partial charge in [0.25, 0.3) is 0 Å². The quantitative estimate of drug-likeness (QED) is 0.577. The maximum absolute atomic E-state index is 10.7. The summed E-state index contributed by atoms with van der Waals surface area (Å²) >= 11 is 0. The second kappa shape index (κ2) is 10.4. The molecule has 5 nitrogen and oxygen atoms in total. The molecule has 1 aliphatic rings. The van der Waals surface area contributed by atoms with Crippen molar-refractivity contribution in [2.45, 2.75) is 19.1 Å². The van der Waals surface area contributed by atoms with Crippen molar-refractivity contribution in [3.63, 3.8) is 0 Å². The van der Waals surface area contributed by atoms with E-state index in [9.17, 15) is 5.11 Å². The SMILES string of the molecule is COc1ccc([C@@H](NCc2ccccc2CN2CCOCC2)c2ccccc2)c(O)c1. The van der Waals surface area contributed by atoms with Crippen molar-refractivity contribution in [3.8, 4) is 11.5 Å². The number of phenolic OH excluding ortho intramolecular Hbond substituents is 1. The van der Waals surface area contributed by atoms with E-state index in [1.165, 1.54) is 11.1 Å². The van der Waals surface area contributed by atoms with Crippen LogP contribution in [-0.4, -0.2) is 43.4 Å². The van der Waals surface area contributed by atoms with E-state index >= 15 is 0 Å². The van der Waals surface area contributed by atoms with Crippen LogP contribution in [0.3, 0.4) is 0 Å². The molecule has 0 radical (unpaired) electrons. The lowest BCUT2D eigenvalue weighted by Crippen LogP contribution is -2.36. The lowest BCUT2D eigenvalue weighted by Gasteiger charge is -2.28. The molecule has 0 bridgehead atoms. The molecule has 0 spiro atoms. The summed E-state index contributed by atoms with van der Waals surface area (Å²) in [5, 5.41) is 14.4. The number of hydrogen-bond acceptors (Lipinski definition) is 5. The number of nitrogens with zero attached hydrogens (tertiary/aromatic N) is 1. The summed E-state index contributed by atoms with van der Waals surface area (Å²) in [6.45, 7) is 5.15. The van der Waals surface area contributed by atoms with E-state index in [-0.39, 0.29) is 11.8 Å². The number of methoxy groups -OCH3 is 1. The maximum Gasteiger partial charge on any atom is 0.124 e. The van der Waals surface area contributed by atoms with E-state index in [4.69, 9.17) is 9.47 Å². The van der Waals surface area contributed by atoms with Crippen LogP contribution in [0.25, 0.3) is 0 Å². The zero-order valence-corrected chi connectivity index (χ0v) is 18.0. The van der Waals surface area contributed by atoms with Gasteiger partial charge in [-0.25, -0.2) is 0 Å². The lowest BCUT2D eigenvalue weighted by molar-refractivity contribution is 0.0340. The van der Waals surface area contributed by atoms with Crippen molar-refractivity contribution in [3.05, 3.63) is 95.1 Å². The minimum atomic E-state index is -0.136. The van der Waals surface area contributed by atoms with Crippen molar-refractivity contribution in [1.82, 2.24) is 10.2 Å². The van der Waals surface area contributed by atoms with Crippen molar-refractivity contribution in [1.29, 1.82) is 0 Å². The van der Waals surface area contributed by atoms with Crippen molar-refractivity contribution < 1.29 is 14.6 Å². The van der Waals surface area contributed by atoms with Crippen LogP contribution in [0.1, 0.15) is 28.3 Å². The van der Waals surface area contributed by atoms with Gasteiger partial charge in [0.1, 0.15) is 11.5 Å². The third-order valence-electron chi connectivity index (χ3n) is 5.79. The van der Waals surface area contributed by atoms with Gasteiger partial charge in [-0.2, -0.15) is 0 Å². The number of nitrogens with one attached hydrogen (secondary N) is 1. The Morgan fingerprint density at radius 3 is 2.39 bits per heavy atom. The first kappa shape index (κ1) is 21.4. The fourth-order valence-corrected chi connectivity index (χ4v) is 4.04. The van der Waals surface area contributed by atoms with Gasteiger partial charge in [0, 0.05) is 37.8 Å². The van der Waals surface area contributed by atoms with E-state index in [0.717, 1.165) is 44.0 Å². The normalized spacial score (nSPS) is 15.5. The molecule has 1 heterocycles. The van der Waals surface area contributed by atoms with Crippen LogP contribution in [0.15, 0.2) is 72.8 Å². The first-order valence-corrected chi connectivity index (χ1v) is 10.8. The highest BCUT2D eigenvalue weighted by atomic mass is 16.5. The Kier molecular flexibility index (Phi) is 7.20. The molecule has 0 amide bonds. The van der Waals surface area contributed by atoms with Gasteiger partial charge >= 0.3 is 0 Å². The zero-order chi connectivity index (χ0) is 21.5. The topological polar surface area (TPSA) is 54.0 Å². The van der Waals surface area contributed by atoms with Crippen LogP contribution >= 0.6 is 0 Å². The molecule has 3 aromatic rings. The highest BCUT2D eigenvalue weighted by Crippen LogP contribution is 2.32. The molecule has 4 rings (SSSR count). The summed E-state index contributed by atoms with van der Waals surface area (Å²) in [6, 6.07) is 24.1. The molecule has 1 aliphatic heterocycles. The monoisotopic (exact) mass is 418 g/mol. The molecule has 3 aromatic carbocycles. The largest absolute Gasteiger partial charge is 0.507 e. The number of morpholine rings is 1. The minimum Gasteiger partial charge on any atom is -0.507 e. The van der Waals surface area contributed by atoms with Crippen LogP contribution in [0.5, 0.6) is 11.5 Å². The number of aromatic hydroxyl groups is 1. The first-order chi connectivity index (χ1) is 15.2. The molecule has 31 heavy (non-hydrogen) atoms. The van der Waals surface area contributed by atoms with Gasteiger partial charge in [-0.3, -0.25) is 4.90 Å². The highest BCUT2D eigenvalue weighted by molar-refractivity contribution is 5.45. The van der Waals surface area contributed by atoms with Crippen molar-refractivity contribution in [2.75, 3.05) is 33.4 Å². The number of rotatable bonds is 8. The van der Waals surface area contributed by atoms with Gasteiger partial charge in [0.05, 0.1) is 26.4 Å². The smallest absolute Gasteiger partial charge is 0.124 e. The Labute approximate surface area is 184 Å². The minimum absolute atomic E-state index is 0.136. The number of benzene rings is 3. The Balaban J connectivity index is 1.56. The average Bonchev–Trinajstić information content (AvgIpc) is 2.82.